The first-order chi connectivity index (χ1) is 18.7. The molecule has 0 radical (unpaired) electrons. The van der Waals surface area contributed by atoms with Gasteiger partial charge in [-0.2, -0.15) is 16.8 Å². The van der Waals surface area contributed by atoms with E-state index in [1.165, 1.54) is 103 Å². The van der Waals surface area contributed by atoms with Crippen LogP contribution >= 0.6 is 0 Å². The van der Waals surface area contributed by atoms with Gasteiger partial charge in [-0.1, -0.05) is 169 Å². The minimum Gasteiger partial charge on any atom is -0.198 e. The van der Waals surface area contributed by atoms with Crippen LogP contribution in [0.2, 0.25) is 0 Å². The lowest BCUT2D eigenvalue weighted by Gasteiger charge is -2.11. The highest BCUT2D eigenvalue weighted by Gasteiger charge is 2.22. The van der Waals surface area contributed by atoms with Gasteiger partial charge < -0.3 is 0 Å². The fourth-order valence-electron chi connectivity index (χ4n) is 5.52. The molecule has 39 heavy (non-hydrogen) atoms. The fraction of sp³-hybridized carbons (Fsp3) is 1.00. The molecular formula is C32H66O5S2. The molecule has 0 atom stereocenters. The smallest absolute Gasteiger partial charge is 0.198 e. The summed E-state index contributed by atoms with van der Waals surface area (Å²) in [5.41, 5.74) is 0. The molecule has 0 saturated heterocycles. The van der Waals surface area contributed by atoms with Gasteiger partial charge in [0.15, 0.2) is 0 Å². The standard InChI is InChI=1S/C32H66O5S2/c1-5-31(6-2)27-23-19-15-11-9-13-17-21-25-29-38(33,34)37-39(35,36)30-26-22-18-14-10-12-16-20-24-28-32(7-3)8-4/h31-32H,5-30H2,1-4H3. The average molecular weight is 595 g/mol. The zero-order valence-electron chi connectivity index (χ0n) is 26.4. The van der Waals surface area contributed by atoms with Crippen molar-refractivity contribution < 1.29 is 20.5 Å². The molecule has 0 fully saturated rings. The predicted molar refractivity (Wildman–Crippen MR) is 169 cm³/mol. The Morgan fingerprint density at radius 2 is 0.615 bits per heavy atom. The lowest BCUT2D eigenvalue weighted by molar-refractivity contribution is 0.426. The van der Waals surface area contributed by atoms with Crippen LogP contribution < -0.4 is 0 Å². The summed E-state index contributed by atoms with van der Waals surface area (Å²) in [5, 5.41) is 0. The number of hydrogen-bond acceptors (Lipinski definition) is 5. The van der Waals surface area contributed by atoms with Crippen LogP contribution in [0.5, 0.6) is 0 Å². The van der Waals surface area contributed by atoms with Crippen LogP contribution in [-0.2, 0) is 23.9 Å². The summed E-state index contributed by atoms with van der Waals surface area (Å²) in [7, 11) is -8.04. The number of rotatable bonds is 30. The van der Waals surface area contributed by atoms with Crippen molar-refractivity contribution in [2.24, 2.45) is 11.8 Å². The Balaban J connectivity index is 3.68. The van der Waals surface area contributed by atoms with Crippen molar-refractivity contribution in [2.75, 3.05) is 11.5 Å². The molecule has 0 aromatic rings. The average Bonchev–Trinajstić information content (AvgIpc) is 2.89. The summed E-state index contributed by atoms with van der Waals surface area (Å²) in [5.74, 6) is 1.37. The van der Waals surface area contributed by atoms with Crippen LogP contribution in [0.4, 0.5) is 0 Å². The molecule has 0 N–H and O–H groups in total. The Hall–Kier alpha value is -0.140. The molecule has 0 rings (SSSR count). The highest BCUT2D eigenvalue weighted by atomic mass is 32.3. The van der Waals surface area contributed by atoms with E-state index in [1.54, 1.807) is 0 Å². The van der Waals surface area contributed by atoms with Crippen LogP contribution in [-0.4, -0.2) is 28.3 Å². The van der Waals surface area contributed by atoms with Crippen molar-refractivity contribution in [2.45, 2.75) is 182 Å². The van der Waals surface area contributed by atoms with Crippen molar-refractivity contribution >= 4 is 20.2 Å². The van der Waals surface area contributed by atoms with E-state index in [4.69, 9.17) is 0 Å². The normalized spacial score (nSPS) is 12.7. The van der Waals surface area contributed by atoms with Crippen molar-refractivity contribution in [1.29, 1.82) is 0 Å². The Bertz CT molecular complexity index is 664. The molecule has 5 nitrogen and oxygen atoms in total. The molecule has 0 bridgehead atoms. The van der Waals surface area contributed by atoms with Crippen LogP contribution in [0.25, 0.3) is 0 Å². The van der Waals surface area contributed by atoms with Gasteiger partial charge in [0.25, 0.3) is 20.2 Å². The molecule has 0 aromatic heterocycles. The first-order valence-corrected chi connectivity index (χ1v) is 20.0. The molecular weight excluding hydrogens is 528 g/mol. The van der Waals surface area contributed by atoms with Gasteiger partial charge in [-0.05, 0) is 24.7 Å². The zero-order chi connectivity index (χ0) is 29.2. The first-order valence-electron chi connectivity index (χ1n) is 16.9. The number of hydrogen-bond donors (Lipinski definition) is 0. The highest BCUT2D eigenvalue weighted by molar-refractivity contribution is 7.99. The summed E-state index contributed by atoms with van der Waals surface area (Å²) in [6.45, 7) is 9.13. The molecule has 0 aliphatic heterocycles. The number of unbranched alkanes of at least 4 members (excludes halogenated alkanes) is 16. The SMILES string of the molecule is CCC(CC)CCCCCCCCCCCS(=O)(=O)OS(=O)(=O)CCCCCCCCCCCC(CC)CC. The third-order valence-corrected chi connectivity index (χ3v) is 11.8. The van der Waals surface area contributed by atoms with E-state index in [2.05, 4.69) is 31.3 Å². The third-order valence-electron chi connectivity index (χ3n) is 8.53. The van der Waals surface area contributed by atoms with Gasteiger partial charge in [-0.3, -0.25) is 0 Å². The van der Waals surface area contributed by atoms with E-state index < -0.39 is 20.2 Å². The second kappa shape index (κ2) is 25.6. The zero-order valence-corrected chi connectivity index (χ0v) is 28.0. The summed E-state index contributed by atoms with van der Waals surface area (Å²) < 4.78 is 53.1. The maximum absolute atomic E-state index is 12.1. The van der Waals surface area contributed by atoms with Crippen molar-refractivity contribution in [1.82, 2.24) is 0 Å². The van der Waals surface area contributed by atoms with Gasteiger partial charge in [-0.25, -0.2) is 0 Å². The van der Waals surface area contributed by atoms with Gasteiger partial charge in [0.05, 0.1) is 11.5 Å². The molecule has 7 heteroatoms. The molecule has 236 valence electrons. The first kappa shape index (κ1) is 38.9. The molecule has 0 aliphatic carbocycles. The van der Waals surface area contributed by atoms with E-state index in [0.717, 1.165) is 50.4 Å². The molecule has 0 saturated carbocycles. The maximum Gasteiger partial charge on any atom is 0.281 e. The second-order valence-corrected chi connectivity index (χ2v) is 15.5. The molecule has 0 spiro atoms. The van der Waals surface area contributed by atoms with Crippen molar-refractivity contribution in [3.05, 3.63) is 0 Å². The van der Waals surface area contributed by atoms with Crippen molar-refractivity contribution in [3.63, 3.8) is 0 Å². The summed E-state index contributed by atoms with van der Waals surface area (Å²) in [6.07, 6.45) is 27.4. The van der Waals surface area contributed by atoms with Crippen LogP contribution in [0.3, 0.4) is 0 Å². The Labute approximate surface area is 245 Å². The summed E-state index contributed by atoms with van der Waals surface area (Å²) >= 11 is 0. The largest absolute Gasteiger partial charge is 0.281 e. The molecule has 0 aromatic carbocycles. The van der Waals surface area contributed by atoms with Crippen LogP contribution in [0.1, 0.15) is 182 Å². The Morgan fingerprint density at radius 1 is 0.385 bits per heavy atom. The van der Waals surface area contributed by atoms with Gasteiger partial charge >= 0.3 is 0 Å². The minimum atomic E-state index is -4.02. The maximum atomic E-state index is 12.1. The van der Waals surface area contributed by atoms with Crippen LogP contribution in [0, 0.1) is 11.8 Å². The predicted octanol–water partition coefficient (Wildman–Crippen LogP) is 10.3. The lowest BCUT2D eigenvalue weighted by atomic mass is 9.95. The topological polar surface area (TPSA) is 77.5 Å². The molecule has 0 amide bonds. The molecule has 0 aliphatic rings. The highest BCUT2D eigenvalue weighted by Crippen LogP contribution is 2.19. The Morgan fingerprint density at radius 3 is 0.872 bits per heavy atom. The Kier molecular flexibility index (Phi) is 25.5. The lowest BCUT2D eigenvalue weighted by Crippen LogP contribution is -2.19. The molecule has 0 unspecified atom stereocenters. The minimum absolute atomic E-state index is 0.209. The van der Waals surface area contributed by atoms with Crippen LogP contribution in [0.15, 0.2) is 0 Å². The van der Waals surface area contributed by atoms with E-state index in [1.807, 2.05) is 0 Å². The monoisotopic (exact) mass is 594 g/mol. The fourth-order valence-corrected chi connectivity index (χ4v) is 8.44. The third kappa shape index (κ3) is 25.3. The van der Waals surface area contributed by atoms with Gasteiger partial charge in [-0.15, -0.1) is 3.63 Å². The molecule has 0 heterocycles. The quantitative estimate of drug-likeness (QED) is 0.0773. The summed E-state index contributed by atoms with van der Waals surface area (Å²) in [6, 6.07) is 0. The van der Waals surface area contributed by atoms with Gasteiger partial charge in [0.1, 0.15) is 0 Å². The van der Waals surface area contributed by atoms with Gasteiger partial charge in [0, 0.05) is 0 Å². The second-order valence-electron chi connectivity index (χ2n) is 11.9. The van der Waals surface area contributed by atoms with E-state index >= 15 is 0 Å². The summed E-state index contributed by atoms with van der Waals surface area (Å²) in [4.78, 5) is 0. The van der Waals surface area contributed by atoms with Crippen molar-refractivity contribution in [3.8, 4) is 0 Å². The van der Waals surface area contributed by atoms with E-state index in [0.29, 0.717) is 12.8 Å². The van der Waals surface area contributed by atoms with E-state index in [9.17, 15) is 16.8 Å². The van der Waals surface area contributed by atoms with E-state index in [-0.39, 0.29) is 11.5 Å². The van der Waals surface area contributed by atoms with Gasteiger partial charge in [0.2, 0.25) is 0 Å².